The highest BCUT2D eigenvalue weighted by Crippen LogP contribution is 2.24. The highest BCUT2D eigenvalue weighted by Gasteiger charge is 2.33. The van der Waals surface area contributed by atoms with Crippen LogP contribution in [0.1, 0.15) is 18.2 Å². The number of nitrogens with zero attached hydrogens (tertiary/aromatic N) is 2. The van der Waals surface area contributed by atoms with Crippen molar-refractivity contribution in [3.05, 3.63) is 48.0 Å². The zero-order valence-electron chi connectivity index (χ0n) is 10.6. The lowest BCUT2D eigenvalue weighted by atomic mass is 10.2. The molecule has 1 aromatic heterocycles. The van der Waals surface area contributed by atoms with E-state index in [1.165, 1.54) is 5.56 Å². The van der Waals surface area contributed by atoms with Crippen LogP contribution in [0.3, 0.4) is 0 Å². The molecule has 0 spiro atoms. The minimum atomic E-state index is 0.177. The number of ether oxygens (including phenoxy) is 1. The van der Waals surface area contributed by atoms with E-state index in [0.29, 0.717) is 6.10 Å². The van der Waals surface area contributed by atoms with Crippen molar-refractivity contribution < 1.29 is 4.74 Å². The molecule has 4 nitrogen and oxygen atoms in total. The molecule has 0 bridgehead atoms. The molecule has 1 aromatic carbocycles. The molecule has 0 aliphatic carbocycles. The van der Waals surface area contributed by atoms with Gasteiger partial charge in [-0.05, 0) is 31.5 Å². The minimum absolute atomic E-state index is 0.177. The van der Waals surface area contributed by atoms with Gasteiger partial charge in [-0.2, -0.15) is 0 Å². The Morgan fingerprint density at radius 3 is 2.94 bits per heavy atom. The van der Waals surface area contributed by atoms with Crippen molar-refractivity contribution >= 4 is 5.69 Å². The van der Waals surface area contributed by atoms with Gasteiger partial charge in [-0.25, -0.2) is 4.98 Å². The van der Waals surface area contributed by atoms with Gasteiger partial charge in [0.15, 0.2) is 6.23 Å². The smallest absolute Gasteiger partial charge is 0.154 e. The molecule has 1 aliphatic heterocycles. The number of imidazole rings is 1. The molecule has 1 unspecified atom stereocenters. The number of hydrogen-bond acceptors (Lipinski definition) is 3. The van der Waals surface area contributed by atoms with Gasteiger partial charge in [0.1, 0.15) is 6.10 Å². The van der Waals surface area contributed by atoms with Crippen LogP contribution < -0.4 is 5.32 Å². The third kappa shape index (κ3) is 2.54. The van der Waals surface area contributed by atoms with Crippen molar-refractivity contribution in [3.63, 3.8) is 0 Å². The predicted octanol–water partition coefficient (Wildman–Crippen LogP) is 2.40. The molecule has 4 heteroatoms. The second-order valence-electron chi connectivity index (χ2n) is 4.79. The molecule has 18 heavy (non-hydrogen) atoms. The molecule has 1 fully saturated rings. The van der Waals surface area contributed by atoms with Gasteiger partial charge in [-0.15, -0.1) is 0 Å². The minimum Gasteiger partial charge on any atom is -0.358 e. The van der Waals surface area contributed by atoms with Crippen molar-refractivity contribution in [3.8, 4) is 0 Å². The molecule has 1 aliphatic rings. The highest BCUT2D eigenvalue weighted by atomic mass is 16.6. The summed E-state index contributed by atoms with van der Waals surface area (Å²) in [6.07, 6.45) is 4.41. The van der Waals surface area contributed by atoms with Crippen LogP contribution in [0.4, 0.5) is 5.69 Å². The summed E-state index contributed by atoms with van der Waals surface area (Å²) in [6, 6.07) is 8.41. The molecular weight excluding hydrogens is 226 g/mol. The van der Waals surface area contributed by atoms with Crippen LogP contribution in [0.5, 0.6) is 0 Å². The van der Waals surface area contributed by atoms with E-state index in [-0.39, 0.29) is 6.23 Å². The molecule has 0 amide bonds. The first kappa shape index (κ1) is 11.3. The number of anilines is 1. The van der Waals surface area contributed by atoms with E-state index in [1.54, 1.807) is 0 Å². The fraction of sp³-hybridized carbons (Fsp3) is 0.357. The quantitative estimate of drug-likeness (QED) is 0.838. The first-order chi connectivity index (χ1) is 8.70. The second kappa shape index (κ2) is 4.46. The summed E-state index contributed by atoms with van der Waals surface area (Å²) in [5.41, 5.74) is 3.41. The van der Waals surface area contributed by atoms with Gasteiger partial charge < -0.3 is 14.6 Å². The third-order valence-electron chi connectivity index (χ3n) is 3.07. The number of aryl methyl sites for hydroxylation is 1. The Morgan fingerprint density at radius 1 is 1.44 bits per heavy atom. The number of epoxide rings is 1. The lowest BCUT2D eigenvalue weighted by Gasteiger charge is -2.07. The molecule has 2 heterocycles. The maximum atomic E-state index is 5.36. The summed E-state index contributed by atoms with van der Waals surface area (Å²) in [4.78, 5) is 4.23. The molecule has 2 atom stereocenters. The van der Waals surface area contributed by atoms with Crippen molar-refractivity contribution in [2.24, 2.45) is 0 Å². The van der Waals surface area contributed by atoms with Gasteiger partial charge in [0.05, 0.1) is 12.0 Å². The Balaban J connectivity index is 1.70. The zero-order chi connectivity index (χ0) is 12.5. The summed E-state index contributed by atoms with van der Waals surface area (Å²) in [5, 5.41) is 3.35. The summed E-state index contributed by atoms with van der Waals surface area (Å²) in [5.74, 6) is 0. The standard InChI is InChI=1S/C14H17N3O/c1-10-7-17(9-15-10)8-12-4-3-5-13(6-12)16-14-11(2)18-14/h3-7,9,11,14,16H,8H2,1-2H3/t11-,14?/m1/s1. The van der Waals surface area contributed by atoms with Gasteiger partial charge in [0, 0.05) is 18.4 Å². The summed E-state index contributed by atoms with van der Waals surface area (Å²) < 4.78 is 7.44. The fourth-order valence-corrected chi connectivity index (χ4v) is 2.03. The molecule has 2 aromatic rings. The van der Waals surface area contributed by atoms with E-state index in [0.717, 1.165) is 17.9 Å². The van der Waals surface area contributed by atoms with Crippen LogP contribution in [-0.4, -0.2) is 21.9 Å². The van der Waals surface area contributed by atoms with Crippen molar-refractivity contribution in [2.75, 3.05) is 5.32 Å². The number of hydrogen-bond donors (Lipinski definition) is 1. The van der Waals surface area contributed by atoms with Gasteiger partial charge in [-0.1, -0.05) is 12.1 Å². The van der Waals surface area contributed by atoms with Gasteiger partial charge >= 0.3 is 0 Å². The fourth-order valence-electron chi connectivity index (χ4n) is 2.03. The number of aromatic nitrogens is 2. The van der Waals surface area contributed by atoms with Crippen LogP contribution in [0, 0.1) is 6.92 Å². The van der Waals surface area contributed by atoms with Crippen molar-refractivity contribution in [1.29, 1.82) is 0 Å². The van der Waals surface area contributed by atoms with Crippen LogP contribution in [0.15, 0.2) is 36.8 Å². The Morgan fingerprint density at radius 2 is 2.28 bits per heavy atom. The van der Waals surface area contributed by atoms with Gasteiger partial charge in [-0.3, -0.25) is 0 Å². The van der Waals surface area contributed by atoms with Crippen LogP contribution in [0.25, 0.3) is 0 Å². The lowest BCUT2D eigenvalue weighted by molar-refractivity contribution is 0.392. The van der Waals surface area contributed by atoms with Crippen molar-refractivity contribution in [1.82, 2.24) is 9.55 Å². The van der Waals surface area contributed by atoms with E-state index in [2.05, 4.69) is 46.1 Å². The number of rotatable bonds is 4. The molecule has 3 rings (SSSR count). The molecule has 0 saturated carbocycles. The monoisotopic (exact) mass is 243 g/mol. The van der Waals surface area contributed by atoms with Crippen LogP contribution in [0.2, 0.25) is 0 Å². The Hall–Kier alpha value is -1.81. The van der Waals surface area contributed by atoms with E-state index in [4.69, 9.17) is 4.74 Å². The normalized spacial score (nSPS) is 21.9. The molecule has 94 valence electrons. The zero-order valence-corrected chi connectivity index (χ0v) is 10.6. The van der Waals surface area contributed by atoms with E-state index < -0.39 is 0 Å². The maximum Gasteiger partial charge on any atom is 0.154 e. The van der Waals surface area contributed by atoms with Crippen LogP contribution >= 0.6 is 0 Å². The van der Waals surface area contributed by atoms with Crippen LogP contribution in [-0.2, 0) is 11.3 Å². The summed E-state index contributed by atoms with van der Waals surface area (Å²) in [7, 11) is 0. The van der Waals surface area contributed by atoms with Gasteiger partial charge in [0.25, 0.3) is 0 Å². The first-order valence-corrected chi connectivity index (χ1v) is 6.20. The highest BCUT2D eigenvalue weighted by molar-refractivity contribution is 5.47. The van der Waals surface area contributed by atoms with Gasteiger partial charge in [0.2, 0.25) is 0 Å². The maximum absolute atomic E-state index is 5.36. The SMILES string of the molecule is Cc1cn(Cc2cccc(NC3O[C@@H]3C)c2)cn1. The lowest BCUT2D eigenvalue weighted by Crippen LogP contribution is -2.06. The number of nitrogens with one attached hydrogen (secondary N) is 1. The summed E-state index contributed by atoms with van der Waals surface area (Å²) >= 11 is 0. The number of benzene rings is 1. The predicted molar refractivity (Wildman–Crippen MR) is 70.5 cm³/mol. The first-order valence-electron chi connectivity index (χ1n) is 6.20. The molecular formula is C14H17N3O. The van der Waals surface area contributed by atoms with E-state index >= 15 is 0 Å². The third-order valence-corrected chi connectivity index (χ3v) is 3.07. The Kier molecular flexibility index (Phi) is 2.80. The molecule has 1 N–H and O–H groups in total. The van der Waals surface area contributed by atoms with E-state index in [1.807, 2.05) is 19.4 Å². The average molecular weight is 243 g/mol. The topological polar surface area (TPSA) is 42.4 Å². The largest absolute Gasteiger partial charge is 0.358 e. The van der Waals surface area contributed by atoms with Crippen molar-refractivity contribution in [2.45, 2.75) is 32.7 Å². The molecule has 0 radical (unpaired) electrons. The second-order valence-corrected chi connectivity index (χ2v) is 4.79. The Labute approximate surface area is 107 Å². The summed E-state index contributed by atoms with van der Waals surface area (Å²) in [6.45, 7) is 4.91. The average Bonchev–Trinajstić information content (AvgIpc) is 2.85. The molecule has 1 saturated heterocycles. The Bertz CT molecular complexity index is 549. The van der Waals surface area contributed by atoms with E-state index in [9.17, 15) is 0 Å².